The minimum Gasteiger partial charge on any atom is -0.495 e. The lowest BCUT2D eigenvalue weighted by Crippen LogP contribution is -2.39. The van der Waals surface area contributed by atoms with Gasteiger partial charge in [-0.2, -0.15) is 9.40 Å². The van der Waals surface area contributed by atoms with Crippen LogP contribution in [0.2, 0.25) is 0 Å². The van der Waals surface area contributed by atoms with Crippen LogP contribution in [-0.2, 0) is 17.1 Å². The summed E-state index contributed by atoms with van der Waals surface area (Å²) in [6.45, 7) is 0.844. The molecule has 1 aromatic carbocycles. The van der Waals surface area contributed by atoms with Gasteiger partial charge in [-0.15, -0.1) is 0 Å². The van der Waals surface area contributed by atoms with Crippen LogP contribution in [0, 0.1) is 0 Å². The Hall–Kier alpha value is -2.52. The minimum atomic E-state index is -3.65. The number of nitrogens with zero attached hydrogens (tertiary/aromatic N) is 5. The minimum absolute atomic E-state index is 0.0244. The zero-order valence-corrected chi connectivity index (χ0v) is 16.1. The smallest absolute Gasteiger partial charge is 0.246 e. The fraction of sp³-hybridized carbons (Fsp3) is 0.389. The number of hydrogen-bond donors (Lipinski definition) is 0. The first-order valence-electron chi connectivity index (χ1n) is 8.79. The van der Waals surface area contributed by atoms with E-state index in [9.17, 15) is 8.42 Å². The number of piperidine rings is 1. The topological polar surface area (TPSA) is 90.2 Å². The normalized spacial score (nSPS) is 18.7. The molecule has 0 amide bonds. The summed E-state index contributed by atoms with van der Waals surface area (Å²) in [5.41, 5.74) is 2.25. The highest BCUT2D eigenvalue weighted by molar-refractivity contribution is 7.89. The van der Waals surface area contributed by atoms with Gasteiger partial charge >= 0.3 is 0 Å². The SMILES string of the molecule is COc1ccccc1S(=O)(=O)N1CCC[C@H](c2nn(C)c3nccnc23)C1. The largest absolute Gasteiger partial charge is 0.495 e. The van der Waals surface area contributed by atoms with Crippen LogP contribution in [0.1, 0.15) is 24.5 Å². The molecular weight excluding hydrogens is 366 g/mol. The molecule has 3 heterocycles. The van der Waals surface area contributed by atoms with Gasteiger partial charge in [0.15, 0.2) is 5.65 Å². The number of fused-ring (bicyclic) bond motifs is 1. The van der Waals surface area contributed by atoms with E-state index in [-0.39, 0.29) is 10.8 Å². The third-order valence-corrected chi connectivity index (χ3v) is 6.85. The first kappa shape index (κ1) is 17.9. The highest BCUT2D eigenvalue weighted by atomic mass is 32.2. The lowest BCUT2D eigenvalue weighted by Gasteiger charge is -2.31. The lowest BCUT2D eigenvalue weighted by molar-refractivity contribution is 0.310. The first-order valence-corrected chi connectivity index (χ1v) is 10.2. The van der Waals surface area contributed by atoms with Crippen molar-refractivity contribution in [2.75, 3.05) is 20.2 Å². The Kier molecular flexibility index (Phi) is 4.56. The maximum absolute atomic E-state index is 13.2. The Morgan fingerprint density at radius 1 is 1.19 bits per heavy atom. The first-order chi connectivity index (χ1) is 13.0. The van der Waals surface area contributed by atoms with Crippen molar-refractivity contribution in [1.82, 2.24) is 24.1 Å². The van der Waals surface area contributed by atoms with Crippen LogP contribution in [0.4, 0.5) is 0 Å². The Bertz CT molecular complexity index is 1080. The number of methoxy groups -OCH3 is 1. The second-order valence-electron chi connectivity index (χ2n) is 6.59. The van der Waals surface area contributed by atoms with Gasteiger partial charge in [-0.1, -0.05) is 12.1 Å². The zero-order valence-electron chi connectivity index (χ0n) is 15.2. The molecule has 9 heteroatoms. The molecule has 0 radical (unpaired) electrons. The average molecular weight is 387 g/mol. The van der Waals surface area contributed by atoms with E-state index >= 15 is 0 Å². The van der Waals surface area contributed by atoms with E-state index in [1.165, 1.54) is 11.4 Å². The molecule has 0 saturated carbocycles. The van der Waals surface area contributed by atoms with Gasteiger partial charge in [0.1, 0.15) is 16.2 Å². The number of para-hydroxylation sites is 1. The van der Waals surface area contributed by atoms with Crippen molar-refractivity contribution in [2.45, 2.75) is 23.7 Å². The molecule has 27 heavy (non-hydrogen) atoms. The molecule has 0 unspecified atom stereocenters. The van der Waals surface area contributed by atoms with Gasteiger partial charge in [-0.05, 0) is 25.0 Å². The fourth-order valence-electron chi connectivity index (χ4n) is 3.63. The Balaban J connectivity index is 1.68. The van der Waals surface area contributed by atoms with Crippen LogP contribution < -0.4 is 4.74 Å². The van der Waals surface area contributed by atoms with Crippen LogP contribution in [0.3, 0.4) is 0 Å². The summed E-state index contributed by atoms with van der Waals surface area (Å²) in [4.78, 5) is 8.93. The molecule has 3 aromatic rings. The number of benzene rings is 1. The van der Waals surface area contributed by atoms with Crippen LogP contribution in [-0.4, -0.2) is 52.7 Å². The Morgan fingerprint density at radius 2 is 1.96 bits per heavy atom. The summed E-state index contributed by atoms with van der Waals surface area (Å²) in [5, 5.41) is 4.58. The number of aromatic nitrogens is 4. The van der Waals surface area contributed by atoms with Gasteiger partial charge in [0.05, 0.1) is 12.8 Å². The Labute approximate surface area is 157 Å². The van der Waals surface area contributed by atoms with Crippen LogP contribution in [0.5, 0.6) is 5.75 Å². The third kappa shape index (κ3) is 3.06. The van der Waals surface area contributed by atoms with Gasteiger partial charge in [-0.25, -0.2) is 23.1 Å². The molecular formula is C18H21N5O3S. The van der Waals surface area contributed by atoms with E-state index in [0.29, 0.717) is 24.5 Å². The van der Waals surface area contributed by atoms with Gasteiger partial charge < -0.3 is 4.74 Å². The third-order valence-electron chi connectivity index (χ3n) is 4.94. The van der Waals surface area contributed by atoms with Gasteiger partial charge in [0.2, 0.25) is 10.0 Å². The molecule has 1 atom stereocenters. The quantitative estimate of drug-likeness (QED) is 0.680. The second kappa shape index (κ2) is 6.90. The van der Waals surface area contributed by atoms with Crippen molar-refractivity contribution < 1.29 is 13.2 Å². The maximum atomic E-state index is 13.2. The highest BCUT2D eigenvalue weighted by Crippen LogP contribution is 2.34. The molecule has 0 N–H and O–H groups in total. The predicted molar refractivity (Wildman–Crippen MR) is 100 cm³/mol. The predicted octanol–water partition coefficient (Wildman–Crippen LogP) is 1.94. The number of aryl methyl sites for hydroxylation is 1. The molecule has 1 fully saturated rings. The number of rotatable bonds is 4. The van der Waals surface area contributed by atoms with E-state index in [1.807, 2.05) is 7.05 Å². The van der Waals surface area contributed by atoms with Gasteiger partial charge in [0, 0.05) is 38.4 Å². The van der Waals surface area contributed by atoms with Crippen molar-refractivity contribution in [2.24, 2.45) is 7.05 Å². The van der Waals surface area contributed by atoms with Crippen LogP contribution in [0.25, 0.3) is 11.2 Å². The van der Waals surface area contributed by atoms with Crippen LogP contribution in [0.15, 0.2) is 41.6 Å². The number of hydrogen-bond acceptors (Lipinski definition) is 6. The second-order valence-corrected chi connectivity index (χ2v) is 8.50. The summed E-state index contributed by atoms with van der Waals surface area (Å²) < 4.78 is 34.9. The summed E-state index contributed by atoms with van der Waals surface area (Å²) >= 11 is 0. The summed E-state index contributed by atoms with van der Waals surface area (Å²) in [6, 6.07) is 6.71. The molecule has 142 valence electrons. The molecule has 0 aliphatic carbocycles. The van der Waals surface area contributed by atoms with E-state index in [1.54, 1.807) is 41.3 Å². The Morgan fingerprint density at radius 3 is 2.78 bits per heavy atom. The zero-order chi connectivity index (χ0) is 19.0. The highest BCUT2D eigenvalue weighted by Gasteiger charge is 2.34. The van der Waals surface area contributed by atoms with E-state index in [0.717, 1.165) is 24.1 Å². The van der Waals surface area contributed by atoms with Crippen LogP contribution >= 0.6 is 0 Å². The van der Waals surface area contributed by atoms with Gasteiger partial charge in [0.25, 0.3) is 0 Å². The number of ether oxygens (including phenoxy) is 1. The molecule has 2 aromatic heterocycles. The van der Waals surface area contributed by atoms with Crippen molar-refractivity contribution in [1.29, 1.82) is 0 Å². The molecule has 4 rings (SSSR count). The fourth-order valence-corrected chi connectivity index (χ4v) is 5.31. The molecule has 8 nitrogen and oxygen atoms in total. The van der Waals surface area contributed by atoms with Crippen molar-refractivity contribution in [3.8, 4) is 5.75 Å². The monoisotopic (exact) mass is 387 g/mol. The van der Waals surface area contributed by atoms with Crippen molar-refractivity contribution >= 4 is 21.2 Å². The van der Waals surface area contributed by atoms with Gasteiger partial charge in [-0.3, -0.25) is 0 Å². The van der Waals surface area contributed by atoms with Crippen molar-refractivity contribution in [3.63, 3.8) is 0 Å². The summed E-state index contributed by atoms with van der Waals surface area (Å²) in [6.07, 6.45) is 4.89. The van der Waals surface area contributed by atoms with Crippen molar-refractivity contribution in [3.05, 3.63) is 42.4 Å². The molecule has 1 aliphatic heterocycles. The summed E-state index contributed by atoms with van der Waals surface area (Å²) in [7, 11) is -0.350. The summed E-state index contributed by atoms with van der Waals surface area (Å²) in [5.74, 6) is 0.331. The standard InChI is InChI=1S/C18H21N5O3S/c1-22-18-17(19-9-10-20-18)16(21-22)13-6-5-11-23(12-13)27(24,25)15-8-4-3-7-14(15)26-2/h3-4,7-10,13H,5-6,11-12H2,1-2H3/t13-/m0/s1. The maximum Gasteiger partial charge on any atom is 0.246 e. The average Bonchev–Trinajstić information content (AvgIpc) is 3.05. The van der Waals surface area contributed by atoms with E-state index < -0.39 is 10.0 Å². The van der Waals surface area contributed by atoms with E-state index in [2.05, 4.69) is 15.1 Å². The van der Waals surface area contributed by atoms with E-state index in [4.69, 9.17) is 4.74 Å². The molecule has 0 bridgehead atoms. The molecule has 1 aliphatic rings. The lowest BCUT2D eigenvalue weighted by atomic mass is 9.96. The molecule has 1 saturated heterocycles. The molecule has 0 spiro atoms. The number of sulfonamides is 1.